The van der Waals surface area contributed by atoms with Crippen LogP contribution in [0.3, 0.4) is 0 Å². The molecule has 5 nitrogen and oxygen atoms in total. The molecule has 0 atom stereocenters. The summed E-state index contributed by atoms with van der Waals surface area (Å²) >= 11 is 10.3. The Balaban J connectivity index is 1.70. The van der Waals surface area contributed by atoms with Crippen LogP contribution in [0.5, 0.6) is 0 Å². The van der Waals surface area contributed by atoms with Gasteiger partial charge in [-0.05, 0) is 48.0 Å². The van der Waals surface area contributed by atoms with Crippen LogP contribution in [0.4, 0.5) is 10.1 Å². The summed E-state index contributed by atoms with van der Waals surface area (Å²) in [7, 11) is -4.04. The summed E-state index contributed by atoms with van der Waals surface area (Å²) in [6, 6.07) is 15.6. The van der Waals surface area contributed by atoms with Gasteiger partial charge in [0.15, 0.2) is 0 Å². The first-order valence-electron chi connectivity index (χ1n) is 8.59. The molecule has 0 unspecified atom stereocenters. The Morgan fingerprint density at radius 2 is 1.87 bits per heavy atom. The third kappa shape index (κ3) is 4.15. The maximum atomic E-state index is 14.0. The fraction of sp³-hybridized carbons (Fsp3) is 0.0500. The van der Waals surface area contributed by atoms with E-state index in [4.69, 9.17) is 11.6 Å². The lowest BCUT2D eigenvalue weighted by atomic mass is 10.2. The van der Waals surface area contributed by atoms with Crippen LogP contribution in [0.2, 0.25) is 5.02 Å². The number of fused-ring (bicyclic) bond motifs is 1. The zero-order valence-corrected chi connectivity index (χ0v) is 19.1. The van der Waals surface area contributed by atoms with Crippen molar-refractivity contribution in [2.24, 2.45) is 0 Å². The lowest BCUT2D eigenvalue weighted by Crippen LogP contribution is -2.15. The molecule has 3 aromatic carbocycles. The minimum Gasteiger partial charge on any atom is -0.294 e. The summed E-state index contributed by atoms with van der Waals surface area (Å²) in [5.41, 5.74) is 1.21. The molecule has 0 aliphatic carbocycles. The van der Waals surface area contributed by atoms with E-state index in [1.165, 1.54) is 30.3 Å². The highest BCUT2D eigenvalue weighted by Crippen LogP contribution is 2.26. The van der Waals surface area contributed by atoms with Gasteiger partial charge in [0.2, 0.25) is 0 Å². The van der Waals surface area contributed by atoms with E-state index >= 15 is 0 Å². The van der Waals surface area contributed by atoms with Crippen molar-refractivity contribution in [3.8, 4) is 0 Å². The molecule has 0 radical (unpaired) electrons. The highest BCUT2D eigenvalue weighted by atomic mass is 79.9. The van der Waals surface area contributed by atoms with Gasteiger partial charge >= 0.3 is 4.87 Å². The third-order valence-corrected chi connectivity index (χ3v) is 7.58. The summed E-state index contributed by atoms with van der Waals surface area (Å²) in [6.07, 6.45) is 0. The van der Waals surface area contributed by atoms with Crippen molar-refractivity contribution in [1.29, 1.82) is 0 Å². The molecule has 1 aromatic heterocycles. The standard InChI is InChI=1S/C20H13BrClFN2O3S2/c21-13-5-7-17(16(23)9-13)24-30(27,28)14-6-8-18-19(10-14)29-20(26)25(18)11-12-3-1-2-4-15(12)22/h1-10,24H,11H2. The van der Waals surface area contributed by atoms with Crippen LogP contribution >= 0.6 is 38.9 Å². The minimum absolute atomic E-state index is 0.0662. The minimum atomic E-state index is -4.04. The molecule has 0 aliphatic heterocycles. The summed E-state index contributed by atoms with van der Waals surface area (Å²) < 4.78 is 44.3. The van der Waals surface area contributed by atoms with Crippen molar-refractivity contribution in [3.63, 3.8) is 0 Å². The SMILES string of the molecule is O=c1sc2cc(S(=O)(=O)Nc3ccc(Br)cc3F)ccc2n1Cc1ccccc1Cl. The van der Waals surface area contributed by atoms with Crippen LogP contribution < -0.4 is 9.60 Å². The predicted molar refractivity (Wildman–Crippen MR) is 122 cm³/mol. The molecule has 0 bridgehead atoms. The molecular formula is C20H13BrClFN2O3S2. The van der Waals surface area contributed by atoms with Gasteiger partial charge in [0.25, 0.3) is 10.0 Å². The Morgan fingerprint density at radius 3 is 2.60 bits per heavy atom. The zero-order chi connectivity index (χ0) is 21.5. The zero-order valence-electron chi connectivity index (χ0n) is 15.1. The predicted octanol–water partition coefficient (Wildman–Crippen LogP) is 5.47. The van der Waals surface area contributed by atoms with Gasteiger partial charge in [-0.15, -0.1) is 0 Å². The van der Waals surface area contributed by atoms with E-state index in [-0.39, 0.29) is 22.0 Å². The van der Waals surface area contributed by atoms with Crippen LogP contribution in [0.25, 0.3) is 10.2 Å². The number of nitrogens with one attached hydrogen (secondary N) is 1. The van der Waals surface area contributed by atoms with E-state index in [9.17, 15) is 17.6 Å². The number of nitrogens with zero attached hydrogens (tertiary/aromatic N) is 1. The van der Waals surface area contributed by atoms with Gasteiger partial charge < -0.3 is 0 Å². The summed E-state index contributed by atoms with van der Waals surface area (Å²) in [5.74, 6) is -0.704. The van der Waals surface area contributed by atoms with E-state index in [2.05, 4.69) is 20.7 Å². The van der Waals surface area contributed by atoms with Crippen molar-refractivity contribution >= 4 is 64.8 Å². The molecule has 154 valence electrons. The number of anilines is 1. The topological polar surface area (TPSA) is 68.2 Å². The van der Waals surface area contributed by atoms with Gasteiger partial charge in [0, 0.05) is 9.50 Å². The molecule has 0 saturated carbocycles. The van der Waals surface area contributed by atoms with Crippen LogP contribution in [0.1, 0.15) is 5.56 Å². The largest absolute Gasteiger partial charge is 0.308 e. The summed E-state index contributed by atoms with van der Waals surface area (Å²) in [5, 5.41) is 0.545. The van der Waals surface area contributed by atoms with Crippen LogP contribution in [-0.4, -0.2) is 13.0 Å². The number of thiazole rings is 1. The van der Waals surface area contributed by atoms with Crippen LogP contribution in [0.15, 0.2) is 74.8 Å². The fourth-order valence-electron chi connectivity index (χ4n) is 2.94. The Bertz CT molecular complexity index is 1430. The monoisotopic (exact) mass is 526 g/mol. The van der Waals surface area contributed by atoms with Gasteiger partial charge in [-0.3, -0.25) is 14.1 Å². The molecular weight excluding hydrogens is 515 g/mol. The van der Waals surface area contributed by atoms with Gasteiger partial charge in [0.1, 0.15) is 5.82 Å². The second-order valence-electron chi connectivity index (χ2n) is 6.40. The Labute approximate surface area is 188 Å². The van der Waals surface area contributed by atoms with Gasteiger partial charge in [-0.1, -0.05) is 57.1 Å². The van der Waals surface area contributed by atoms with Crippen molar-refractivity contribution in [2.75, 3.05) is 4.72 Å². The number of aromatic nitrogens is 1. The molecule has 0 fully saturated rings. The normalized spacial score (nSPS) is 11.7. The van der Waals surface area contributed by atoms with Gasteiger partial charge in [0.05, 0.1) is 27.3 Å². The number of hydrogen-bond acceptors (Lipinski definition) is 4. The summed E-state index contributed by atoms with van der Waals surface area (Å²) in [6.45, 7) is 0.271. The molecule has 1 heterocycles. The van der Waals surface area contributed by atoms with Crippen molar-refractivity contribution in [1.82, 2.24) is 4.57 Å². The number of sulfonamides is 1. The smallest absolute Gasteiger partial charge is 0.294 e. The number of halogens is 3. The first-order valence-corrected chi connectivity index (χ1v) is 12.1. The molecule has 0 spiro atoms. The Hall–Kier alpha value is -2.20. The fourth-order valence-corrected chi connectivity index (χ4v) is 5.56. The van der Waals surface area contributed by atoms with E-state index in [1.807, 2.05) is 12.1 Å². The maximum absolute atomic E-state index is 14.0. The second kappa shape index (κ2) is 8.14. The number of hydrogen-bond donors (Lipinski definition) is 1. The quantitative estimate of drug-likeness (QED) is 0.374. The van der Waals surface area contributed by atoms with Gasteiger partial charge in [-0.2, -0.15) is 0 Å². The molecule has 0 amide bonds. The van der Waals surface area contributed by atoms with E-state index in [1.54, 1.807) is 22.8 Å². The third-order valence-electron chi connectivity index (χ3n) is 4.41. The Morgan fingerprint density at radius 1 is 1.10 bits per heavy atom. The van der Waals surface area contributed by atoms with E-state index < -0.39 is 15.8 Å². The molecule has 30 heavy (non-hydrogen) atoms. The average molecular weight is 528 g/mol. The van der Waals surface area contributed by atoms with Crippen LogP contribution in [0, 0.1) is 5.82 Å². The first-order chi connectivity index (χ1) is 14.2. The first kappa shape index (κ1) is 21.0. The average Bonchev–Trinajstić information content (AvgIpc) is 3.00. The maximum Gasteiger partial charge on any atom is 0.308 e. The van der Waals surface area contributed by atoms with Crippen molar-refractivity contribution in [3.05, 3.63) is 91.2 Å². The van der Waals surface area contributed by atoms with E-state index in [0.29, 0.717) is 19.7 Å². The highest BCUT2D eigenvalue weighted by molar-refractivity contribution is 9.10. The molecule has 4 rings (SSSR count). The molecule has 0 aliphatic rings. The van der Waals surface area contributed by atoms with Crippen molar-refractivity contribution < 1.29 is 12.8 Å². The van der Waals surface area contributed by atoms with Crippen molar-refractivity contribution in [2.45, 2.75) is 11.4 Å². The molecule has 0 saturated heterocycles. The van der Waals surface area contributed by atoms with E-state index in [0.717, 1.165) is 16.9 Å². The molecule has 4 aromatic rings. The lowest BCUT2D eigenvalue weighted by molar-refractivity contribution is 0.598. The summed E-state index contributed by atoms with van der Waals surface area (Å²) in [4.78, 5) is 12.2. The second-order valence-corrected chi connectivity index (χ2v) is 10.4. The Kier molecular flexibility index (Phi) is 5.71. The number of rotatable bonds is 5. The molecule has 10 heteroatoms. The molecule has 1 N–H and O–H groups in total. The highest BCUT2D eigenvalue weighted by Gasteiger charge is 2.19. The lowest BCUT2D eigenvalue weighted by Gasteiger charge is -2.10. The van der Waals surface area contributed by atoms with Gasteiger partial charge in [-0.25, -0.2) is 12.8 Å². The number of benzene rings is 3. The van der Waals surface area contributed by atoms with Crippen LogP contribution in [-0.2, 0) is 16.6 Å².